The summed E-state index contributed by atoms with van der Waals surface area (Å²) in [4.78, 5) is 8.76. The van der Waals surface area contributed by atoms with E-state index in [-0.39, 0.29) is 0 Å². The molecule has 2 aromatic rings. The van der Waals surface area contributed by atoms with E-state index in [4.69, 9.17) is 23.2 Å². The van der Waals surface area contributed by atoms with Crippen LogP contribution in [-0.2, 0) is 6.42 Å². The first kappa shape index (κ1) is 13.3. The molecule has 0 amide bonds. The molecule has 0 aliphatic heterocycles. The Bertz CT molecular complexity index is 568. The Morgan fingerprint density at radius 3 is 2.56 bits per heavy atom. The summed E-state index contributed by atoms with van der Waals surface area (Å²) in [6.07, 6.45) is 1.93. The van der Waals surface area contributed by atoms with Crippen molar-refractivity contribution in [2.24, 2.45) is 0 Å². The third-order valence-corrected chi connectivity index (χ3v) is 3.28. The monoisotopic (exact) mass is 280 g/mol. The van der Waals surface area contributed by atoms with Gasteiger partial charge in [-0.05, 0) is 31.0 Å². The lowest BCUT2D eigenvalue weighted by Crippen LogP contribution is -1.96. The maximum absolute atomic E-state index is 6.12. The highest BCUT2D eigenvalue weighted by atomic mass is 35.5. The molecule has 0 saturated heterocycles. The molecule has 2 nitrogen and oxygen atoms in total. The second-order valence-corrected chi connectivity index (χ2v) is 5.01. The van der Waals surface area contributed by atoms with Crippen molar-refractivity contribution in [3.05, 3.63) is 45.7 Å². The molecule has 0 N–H and O–H groups in total. The molecule has 18 heavy (non-hydrogen) atoms. The fraction of sp³-hybridized carbons (Fsp3) is 0.286. The number of aromatic nitrogens is 2. The van der Waals surface area contributed by atoms with E-state index in [0.29, 0.717) is 16.0 Å². The number of rotatable bonds is 3. The van der Waals surface area contributed by atoms with Crippen LogP contribution < -0.4 is 0 Å². The van der Waals surface area contributed by atoms with E-state index < -0.39 is 0 Å². The second kappa shape index (κ2) is 5.68. The quantitative estimate of drug-likeness (QED) is 0.761. The molecule has 0 aliphatic carbocycles. The van der Waals surface area contributed by atoms with Crippen LogP contribution in [0.5, 0.6) is 0 Å². The summed E-state index contributed by atoms with van der Waals surface area (Å²) >= 11 is 12.1. The Kier molecular flexibility index (Phi) is 4.20. The van der Waals surface area contributed by atoms with Crippen LogP contribution in [0.15, 0.2) is 24.3 Å². The summed E-state index contributed by atoms with van der Waals surface area (Å²) in [7, 11) is 0. The predicted octanol–water partition coefficient (Wildman–Crippen LogP) is 4.71. The summed E-state index contributed by atoms with van der Waals surface area (Å²) in [5.41, 5.74) is 2.89. The lowest BCUT2D eigenvalue weighted by molar-refractivity contribution is 0.875. The van der Waals surface area contributed by atoms with Crippen molar-refractivity contribution in [3.63, 3.8) is 0 Å². The molecule has 0 radical (unpaired) electrons. The van der Waals surface area contributed by atoms with Crippen LogP contribution in [0.4, 0.5) is 0 Å². The van der Waals surface area contributed by atoms with Crippen LogP contribution >= 0.6 is 23.2 Å². The predicted molar refractivity (Wildman–Crippen MR) is 76.2 cm³/mol. The van der Waals surface area contributed by atoms with E-state index in [2.05, 4.69) is 16.9 Å². The lowest BCUT2D eigenvalue weighted by atomic mass is 10.1. The molecule has 0 spiro atoms. The highest BCUT2D eigenvalue weighted by Crippen LogP contribution is 2.24. The minimum atomic E-state index is 0.472. The minimum absolute atomic E-state index is 0.472. The fourth-order valence-corrected chi connectivity index (χ4v) is 2.10. The van der Waals surface area contributed by atoms with Crippen molar-refractivity contribution < 1.29 is 0 Å². The Morgan fingerprint density at radius 2 is 1.89 bits per heavy atom. The van der Waals surface area contributed by atoms with Gasteiger partial charge in [-0.15, -0.1) is 0 Å². The van der Waals surface area contributed by atoms with Gasteiger partial charge in [-0.2, -0.15) is 0 Å². The van der Waals surface area contributed by atoms with Crippen LogP contribution in [0.3, 0.4) is 0 Å². The first-order valence-corrected chi connectivity index (χ1v) is 6.65. The van der Waals surface area contributed by atoms with Gasteiger partial charge in [0, 0.05) is 16.3 Å². The van der Waals surface area contributed by atoms with E-state index in [9.17, 15) is 0 Å². The van der Waals surface area contributed by atoms with E-state index in [1.165, 1.54) is 0 Å². The van der Waals surface area contributed by atoms with Gasteiger partial charge in [-0.25, -0.2) is 9.97 Å². The van der Waals surface area contributed by atoms with Gasteiger partial charge in [-0.3, -0.25) is 0 Å². The largest absolute Gasteiger partial charge is 0.233 e. The van der Waals surface area contributed by atoms with Crippen molar-refractivity contribution in [2.45, 2.75) is 26.7 Å². The molecule has 94 valence electrons. The van der Waals surface area contributed by atoms with Crippen molar-refractivity contribution in [3.8, 4) is 11.4 Å². The van der Waals surface area contributed by atoms with Crippen LogP contribution in [0.25, 0.3) is 11.4 Å². The average molecular weight is 281 g/mol. The van der Waals surface area contributed by atoms with Crippen LogP contribution in [0.1, 0.15) is 24.6 Å². The summed E-state index contributed by atoms with van der Waals surface area (Å²) in [6.45, 7) is 4.08. The highest BCUT2D eigenvalue weighted by Gasteiger charge is 2.07. The number of hydrogen-bond acceptors (Lipinski definition) is 2. The molecule has 1 aromatic carbocycles. The topological polar surface area (TPSA) is 25.8 Å². The zero-order chi connectivity index (χ0) is 13.1. The Labute approximate surface area is 117 Å². The smallest absolute Gasteiger partial charge is 0.161 e. The molecule has 4 heteroatoms. The lowest BCUT2D eigenvalue weighted by Gasteiger charge is -2.06. The first-order chi connectivity index (χ1) is 8.60. The van der Waals surface area contributed by atoms with E-state index in [1.54, 1.807) is 0 Å². The third-order valence-electron chi connectivity index (χ3n) is 2.68. The molecule has 1 heterocycles. The summed E-state index contributed by atoms with van der Waals surface area (Å²) < 4.78 is 0. The molecule has 0 saturated carbocycles. The average Bonchev–Trinajstić information content (AvgIpc) is 2.32. The maximum Gasteiger partial charge on any atom is 0.161 e. The number of hydrogen-bond donors (Lipinski definition) is 0. The first-order valence-electron chi connectivity index (χ1n) is 5.90. The second-order valence-electron chi connectivity index (χ2n) is 4.22. The molecule has 1 aromatic heterocycles. The minimum Gasteiger partial charge on any atom is -0.233 e. The fourth-order valence-electron chi connectivity index (χ4n) is 1.71. The molecule has 0 aliphatic rings. The van der Waals surface area contributed by atoms with Crippen LogP contribution in [0.2, 0.25) is 10.2 Å². The SMILES string of the molecule is CCCc1cc(Cl)nc(-c2ccc(C)c(Cl)c2)n1. The summed E-state index contributed by atoms with van der Waals surface area (Å²) in [5.74, 6) is 0.632. The van der Waals surface area contributed by atoms with Gasteiger partial charge in [0.25, 0.3) is 0 Å². The summed E-state index contributed by atoms with van der Waals surface area (Å²) in [5, 5.41) is 1.19. The molecule has 0 bridgehead atoms. The molecule has 2 rings (SSSR count). The number of aryl methyl sites for hydroxylation is 2. The molecular weight excluding hydrogens is 267 g/mol. The summed E-state index contributed by atoms with van der Waals surface area (Å²) in [6, 6.07) is 7.60. The van der Waals surface area contributed by atoms with Crippen LogP contribution in [0, 0.1) is 6.92 Å². The van der Waals surface area contributed by atoms with E-state index >= 15 is 0 Å². The zero-order valence-corrected chi connectivity index (χ0v) is 11.9. The maximum atomic E-state index is 6.12. The standard InChI is InChI=1S/C14H14Cl2N2/c1-3-4-11-8-13(16)18-14(17-11)10-6-5-9(2)12(15)7-10/h5-8H,3-4H2,1-2H3. The molecular formula is C14H14Cl2N2. The van der Waals surface area contributed by atoms with Gasteiger partial charge < -0.3 is 0 Å². The number of benzene rings is 1. The van der Waals surface area contributed by atoms with Crippen molar-refractivity contribution in [1.29, 1.82) is 0 Å². The van der Waals surface area contributed by atoms with Gasteiger partial charge in [0.1, 0.15) is 5.15 Å². The van der Waals surface area contributed by atoms with Crippen molar-refractivity contribution >= 4 is 23.2 Å². The van der Waals surface area contributed by atoms with E-state index in [0.717, 1.165) is 29.7 Å². The van der Waals surface area contributed by atoms with Crippen LogP contribution in [-0.4, -0.2) is 9.97 Å². The molecule has 0 fully saturated rings. The highest BCUT2D eigenvalue weighted by molar-refractivity contribution is 6.31. The molecule has 0 atom stereocenters. The van der Waals surface area contributed by atoms with Gasteiger partial charge in [-0.1, -0.05) is 48.7 Å². The van der Waals surface area contributed by atoms with E-state index in [1.807, 2.05) is 31.2 Å². The molecule has 0 unspecified atom stereocenters. The zero-order valence-electron chi connectivity index (χ0n) is 10.4. The third kappa shape index (κ3) is 3.01. The van der Waals surface area contributed by atoms with Crippen molar-refractivity contribution in [2.75, 3.05) is 0 Å². The van der Waals surface area contributed by atoms with Gasteiger partial charge in [0.05, 0.1) is 0 Å². The Hall–Kier alpha value is -1.12. The van der Waals surface area contributed by atoms with Gasteiger partial charge in [0.15, 0.2) is 5.82 Å². The Morgan fingerprint density at radius 1 is 1.11 bits per heavy atom. The van der Waals surface area contributed by atoms with Crippen molar-refractivity contribution in [1.82, 2.24) is 9.97 Å². The normalized spacial score (nSPS) is 10.7. The number of halogens is 2. The number of nitrogens with zero attached hydrogens (tertiary/aromatic N) is 2. The Balaban J connectivity index is 2.46. The van der Waals surface area contributed by atoms with Gasteiger partial charge >= 0.3 is 0 Å². The van der Waals surface area contributed by atoms with Gasteiger partial charge in [0.2, 0.25) is 0 Å².